The molecule has 2 aromatic heterocycles. The highest BCUT2D eigenvalue weighted by Gasteiger charge is 2.34. The SMILES string of the molecule is O=c1cccc2n1C[C@@H]1C[C@H]2CN(c2ccc(Cl)nn2)C1. The van der Waals surface area contributed by atoms with Crippen LogP contribution in [0.25, 0.3) is 0 Å². The second kappa shape index (κ2) is 4.84. The van der Waals surface area contributed by atoms with Crippen LogP contribution < -0.4 is 10.5 Å². The molecule has 6 heteroatoms. The zero-order valence-electron chi connectivity index (χ0n) is 11.4. The molecule has 0 N–H and O–H groups in total. The van der Waals surface area contributed by atoms with Gasteiger partial charge in [0.05, 0.1) is 0 Å². The number of nitrogens with zero attached hydrogens (tertiary/aromatic N) is 4. The third-order valence-electron chi connectivity index (χ3n) is 4.42. The zero-order valence-corrected chi connectivity index (χ0v) is 12.2. The number of hydrogen-bond donors (Lipinski definition) is 0. The van der Waals surface area contributed by atoms with Gasteiger partial charge in [-0.05, 0) is 30.5 Å². The van der Waals surface area contributed by atoms with Gasteiger partial charge in [-0.1, -0.05) is 17.7 Å². The maximum Gasteiger partial charge on any atom is 0.250 e. The molecule has 0 spiro atoms. The van der Waals surface area contributed by atoms with Crippen LogP contribution in [0.5, 0.6) is 0 Å². The van der Waals surface area contributed by atoms with E-state index in [1.54, 1.807) is 12.1 Å². The third-order valence-corrected chi connectivity index (χ3v) is 4.62. The van der Waals surface area contributed by atoms with Gasteiger partial charge in [0.2, 0.25) is 0 Å². The Kier molecular flexibility index (Phi) is 2.96. The Morgan fingerprint density at radius 2 is 2.00 bits per heavy atom. The first-order chi connectivity index (χ1) is 10.2. The third kappa shape index (κ3) is 2.21. The van der Waals surface area contributed by atoms with Gasteiger partial charge < -0.3 is 9.47 Å². The molecular weight excluding hydrogens is 288 g/mol. The van der Waals surface area contributed by atoms with E-state index < -0.39 is 0 Å². The molecule has 21 heavy (non-hydrogen) atoms. The fourth-order valence-electron chi connectivity index (χ4n) is 3.56. The quantitative estimate of drug-likeness (QED) is 0.807. The largest absolute Gasteiger partial charge is 0.354 e. The first-order valence-corrected chi connectivity index (χ1v) is 7.52. The standard InChI is InChI=1S/C15H15ClN4O/c16-13-4-5-14(18-17-13)19-7-10-6-11(9-19)12-2-1-3-15(21)20(12)8-10/h1-5,10-11H,6-9H2/t10-,11+/m1/s1. The predicted molar refractivity (Wildman–Crippen MR) is 80.8 cm³/mol. The first kappa shape index (κ1) is 12.8. The molecule has 108 valence electrons. The molecule has 0 aromatic carbocycles. The lowest BCUT2D eigenvalue weighted by Gasteiger charge is -2.43. The second-order valence-electron chi connectivity index (χ2n) is 5.82. The van der Waals surface area contributed by atoms with Crippen molar-refractivity contribution in [2.75, 3.05) is 18.0 Å². The van der Waals surface area contributed by atoms with E-state index in [1.165, 1.54) is 0 Å². The second-order valence-corrected chi connectivity index (χ2v) is 6.20. The van der Waals surface area contributed by atoms with Gasteiger partial charge in [-0.3, -0.25) is 4.79 Å². The minimum absolute atomic E-state index is 0.113. The molecule has 2 bridgehead atoms. The maximum absolute atomic E-state index is 12.0. The molecule has 0 amide bonds. The average molecular weight is 303 g/mol. The number of piperidine rings is 1. The van der Waals surface area contributed by atoms with Gasteiger partial charge in [0.25, 0.3) is 5.56 Å². The molecule has 2 aliphatic heterocycles. The smallest absolute Gasteiger partial charge is 0.250 e. The topological polar surface area (TPSA) is 51.0 Å². The van der Waals surface area contributed by atoms with Crippen LogP contribution in [0.15, 0.2) is 35.1 Å². The molecule has 0 unspecified atom stereocenters. The molecule has 5 nitrogen and oxygen atoms in total. The molecule has 4 heterocycles. The van der Waals surface area contributed by atoms with Crippen molar-refractivity contribution in [2.24, 2.45) is 5.92 Å². The normalized spacial score (nSPS) is 23.8. The number of fused-ring (bicyclic) bond motifs is 4. The fourth-order valence-corrected chi connectivity index (χ4v) is 3.66. The number of pyridine rings is 1. The molecule has 2 aromatic rings. The summed E-state index contributed by atoms with van der Waals surface area (Å²) in [5.74, 6) is 1.72. The van der Waals surface area contributed by atoms with Gasteiger partial charge >= 0.3 is 0 Å². The molecule has 2 aliphatic rings. The van der Waals surface area contributed by atoms with Gasteiger partial charge in [0.15, 0.2) is 11.0 Å². The van der Waals surface area contributed by atoms with Crippen molar-refractivity contribution in [1.82, 2.24) is 14.8 Å². The monoisotopic (exact) mass is 302 g/mol. The van der Waals surface area contributed by atoms with Crippen molar-refractivity contribution in [2.45, 2.75) is 18.9 Å². The van der Waals surface area contributed by atoms with Gasteiger partial charge in [-0.2, -0.15) is 0 Å². The Balaban J connectivity index is 1.68. The average Bonchev–Trinajstić information content (AvgIpc) is 2.49. The van der Waals surface area contributed by atoms with Crippen LogP contribution >= 0.6 is 11.6 Å². The fraction of sp³-hybridized carbons (Fsp3) is 0.400. The zero-order chi connectivity index (χ0) is 14.4. The Labute approximate surface area is 127 Å². The Morgan fingerprint density at radius 1 is 1.10 bits per heavy atom. The summed E-state index contributed by atoms with van der Waals surface area (Å²) < 4.78 is 1.93. The molecule has 0 radical (unpaired) electrons. The van der Waals surface area contributed by atoms with Gasteiger partial charge in [-0.25, -0.2) is 0 Å². The van der Waals surface area contributed by atoms with E-state index >= 15 is 0 Å². The number of hydrogen-bond acceptors (Lipinski definition) is 4. The lowest BCUT2D eigenvalue weighted by Crippen LogP contribution is -2.47. The minimum atomic E-state index is 0.113. The summed E-state index contributed by atoms with van der Waals surface area (Å²) in [5, 5.41) is 8.51. The van der Waals surface area contributed by atoms with E-state index in [4.69, 9.17) is 11.6 Å². The van der Waals surface area contributed by atoms with Crippen molar-refractivity contribution < 1.29 is 0 Å². The van der Waals surface area contributed by atoms with Crippen molar-refractivity contribution in [3.05, 3.63) is 51.5 Å². The van der Waals surface area contributed by atoms with Crippen LogP contribution in [-0.4, -0.2) is 27.9 Å². The van der Waals surface area contributed by atoms with Crippen molar-refractivity contribution in [1.29, 1.82) is 0 Å². The summed E-state index contributed by atoms with van der Waals surface area (Å²) in [6.45, 7) is 2.58. The van der Waals surface area contributed by atoms with Crippen molar-refractivity contribution in [3.63, 3.8) is 0 Å². The highest BCUT2D eigenvalue weighted by atomic mass is 35.5. The van der Waals surface area contributed by atoms with E-state index in [0.29, 0.717) is 17.0 Å². The lowest BCUT2D eigenvalue weighted by atomic mass is 9.83. The van der Waals surface area contributed by atoms with Gasteiger partial charge in [0, 0.05) is 37.3 Å². The summed E-state index contributed by atoms with van der Waals surface area (Å²) in [7, 11) is 0. The highest BCUT2D eigenvalue weighted by Crippen LogP contribution is 2.36. The van der Waals surface area contributed by atoms with E-state index in [0.717, 1.165) is 37.6 Å². The van der Waals surface area contributed by atoms with Gasteiger partial charge in [0.1, 0.15) is 0 Å². The van der Waals surface area contributed by atoms with E-state index in [2.05, 4.69) is 21.2 Å². The molecule has 2 atom stereocenters. The summed E-state index contributed by atoms with van der Waals surface area (Å²) in [6, 6.07) is 9.25. The predicted octanol–water partition coefficient (Wildman–Crippen LogP) is 1.92. The van der Waals surface area contributed by atoms with Crippen LogP contribution in [-0.2, 0) is 6.54 Å². The molecule has 4 rings (SSSR count). The lowest BCUT2D eigenvalue weighted by molar-refractivity contribution is 0.280. The summed E-state index contributed by atoms with van der Waals surface area (Å²) in [6.07, 6.45) is 1.14. The van der Waals surface area contributed by atoms with Crippen LogP contribution in [0.3, 0.4) is 0 Å². The number of aromatic nitrogens is 3. The number of rotatable bonds is 1. The van der Waals surface area contributed by atoms with Crippen LogP contribution in [0, 0.1) is 5.92 Å². The van der Waals surface area contributed by atoms with Crippen LogP contribution in [0.1, 0.15) is 18.0 Å². The van der Waals surface area contributed by atoms with E-state index in [1.807, 2.05) is 16.7 Å². The molecule has 0 saturated carbocycles. The summed E-state index contributed by atoms with van der Waals surface area (Å²) in [4.78, 5) is 14.2. The molecule has 0 aliphatic carbocycles. The molecule has 1 saturated heterocycles. The van der Waals surface area contributed by atoms with E-state index in [9.17, 15) is 4.79 Å². The van der Waals surface area contributed by atoms with Gasteiger partial charge in [-0.15, -0.1) is 10.2 Å². The molecular formula is C15H15ClN4O. The van der Waals surface area contributed by atoms with Crippen LogP contribution in [0.4, 0.5) is 5.82 Å². The van der Waals surface area contributed by atoms with E-state index in [-0.39, 0.29) is 5.56 Å². The van der Waals surface area contributed by atoms with Crippen molar-refractivity contribution in [3.8, 4) is 0 Å². The summed E-state index contributed by atoms with van der Waals surface area (Å²) in [5.41, 5.74) is 1.26. The molecule has 1 fully saturated rings. The number of halogens is 1. The minimum Gasteiger partial charge on any atom is -0.354 e. The van der Waals surface area contributed by atoms with Crippen molar-refractivity contribution >= 4 is 17.4 Å². The maximum atomic E-state index is 12.0. The highest BCUT2D eigenvalue weighted by molar-refractivity contribution is 6.29. The van der Waals surface area contributed by atoms with Crippen LogP contribution in [0.2, 0.25) is 5.15 Å². The number of anilines is 1. The first-order valence-electron chi connectivity index (χ1n) is 7.14. The Bertz CT molecular complexity index is 727. The summed E-state index contributed by atoms with van der Waals surface area (Å²) >= 11 is 5.80. The Hall–Kier alpha value is -1.88. The Morgan fingerprint density at radius 3 is 2.81 bits per heavy atom.